The highest BCUT2D eigenvalue weighted by atomic mass is 16.5. The minimum absolute atomic E-state index is 0.308. The SMILES string of the molecule is C=CC(NCC)C(OC)C1CCCCC1. The van der Waals surface area contributed by atoms with Gasteiger partial charge in [-0.1, -0.05) is 32.3 Å². The Morgan fingerprint density at radius 2 is 2.07 bits per heavy atom. The predicted octanol–water partition coefficient (Wildman–Crippen LogP) is 2.75. The van der Waals surface area contributed by atoms with Crippen molar-refractivity contribution in [3.05, 3.63) is 12.7 Å². The maximum absolute atomic E-state index is 5.66. The van der Waals surface area contributed by atoms with Crippen molar-refractivity contribution in [1.82, 2.24) is 5.32 Å². The molecule has 1 fully saturated rings. The first-order valence-corrected chi connectivity index (χ1v) is 6.22. The summed E-state index contributed by atoms with van der Waals surface area (Å²) in [6.45, 7) is 7.01. The largest absolute Gasteiger partial charge is 0.379 e. The molecule has 0 saturated heterocycles. The van der Waals surface area contributed by atoms with Gasteiger partial charge in [-0.2, -0.15) is 0 Å². The Hall–Kier alpha value is -0.340. The van der Waals surface area contributed by atoms with Crippen molar-refractivity contribution in [3.8, 4) is 0 Å². The van der Waals surface area contributed by atoms with Gasteiger partial charge < -0.3 is 10.1 Å². The monoisotopic (exact) mass is 211 g/mol. The lowest BCUT2D eigenvalue weighted by atomic mass is 9.82. The highest BCUT2D eigenvalue weighted by Crippen LogP contribution is 2.29. The molecule has 1 saturated carbocycles. The Morgan fingerprint density at radius 1 is 1.40 bits per heavy atom. The maximum atomic E-state index is 5.66. The summed E-state index contributed by atoms with van der Waals surface area (Å²) in [4.78, 5) is 0. The molecule has 0 bridgehead atoms. The summed E-state index contributed by atoms with van der Waals surface area (Å²) in [7, 11) is 1.83. The Morgan fingerprint density at radius 3 is 2.53 bits per heavy atom. The van der Waals surface area contributed by atoms with E-state index in [1.165, 1.54) is 32.1 Å². The van der Waals surface area contributed by atoms with Crippen molar-refractivity contribution in [3.63, 3.8) is 0 Å². The zero-order chi connectivity index (χ0) is 11.1. The fraction of sp³-hybridized carbons (Fsp3) is 0.846. The minimum Gasteiger partial charge on any atom is -0.379 e. The molecule has 0 heterocycles. The molecule has 0 aliphatic heterocycles. The van der Waals surface area contributed by atoms with E-state index in [2.05, 4.69) is 18.8 Å². The van der Waals surface area contributed by atoms with Crippen molar-refractivity contribution in [1.29, 1.82) is 0 Å². The van der Waals surface area contributed by atoms with Crippen LogP contribution in [-0.2, 0) is 4.74 Å². The number of likely N-dealkylation sites (N-methyl/N-ethyl adjacent to an activating group) is 1. The van der Waals surface area contributed by atoms with Crippen LogP contribution in [0.5, 0.6) is 0 Å². The molecular formula is C13H25NO. The van der Waals surface area contributed by atoms with E-state index in [1.807, 2.05) is 13.2 Å². The Bertz CT molecular complexity index is 175. The zero-order valence-corrected chi connectivity index (χ0v) is 10.2. The molecule has 0 spiro atoms. The van der Waals surface area contributed by atoms with Gasteiger partial charge in [0.05, 0.1) is 12.1 Å². The van der Waals surface area contributed by atoms with E-state index >= 15 is 0 Å². The van der Waals surface area contributed by atoms with Crippen molar-refractivity contribution >= 4 is 0 Å². The Labute approximate surface area is 94.1 Å². The van der Waals surface area contributed by atoms with Crippen molar-refractivity contribution in [2.45, 2.75) is 51.2 Å². The van der Waals surface area contributed by atoms with Gasteiger partial charge in [0.15, 0.2) is 0 Å². The summed E-state index contributed by atoms with van der Waals surface area (Å²) in [5.74, 6) is 0.714. The van der Waals surface area contributed by atoms with Crippen LogP contribution in [0.15, 0.2) is 12.7 Å². The maximum Gasteiger partial charge on any atom is 0.0787 e. The lowest BCUT2D eigenvalue weighted by Crippen LogP contribution is -2.44. The lowest BCUT2D eigenvalue weighted by Gasteiger charge is -2.33. The van der Waals surface area contributed by atoms with Crippen LogP contribution in [0.25, 0.3) is 0 Å². The molecule has 2 heteroatoms. The van der Waals surface area contributed by atoms with E-state index in [0.29, 0.717) is 18.1 Å². The second-order valence-corrected chi connectivity index (χ2v) is 4.42. The number of ether oxygens (including phenoxy) is 1. The summed E-state index contributed by atoms with van der Waals surface area (Å²) in [6.07, 6.45) is 9.05. The topological polar surface area (TPSA) is 21.3 Å². The number of nitrogens with one attached hydrogen (secondary N) is 1. The molecule has 1 N–H and O–H groups in total. The fourth-order valence-corrected chi connectivity index (χ4v) is 2.66. The first-order valence-electron chi connectivity index (χ1n) is 6.22. The summed E-state index contributed by atoms with van der Waals surface area (Å²) < 4.78 is 5.66. The molecule has 2 unspecified atom stereocenters. The van der Waals surface area contributed by atoms with Gasteiger partial charge in [0.2, 0.25) is 0 Å². The second-order valence-electron chi connectivity index (χ2n) is 4.42. The molecule has 1 rings (SSSR count). The van der Waals surface area contributed by atoms with Crippen LogP contribution in [0.2, 0.25) is 0 Å². The minimum atomic E-state index is 0.308. The third-order valence-corrected chi connectivity index (χ3v) is 3.43. The van der Waals surface area contributed by atoms with Gasteiger partial charge in [0.25, 0.3) is 0 Å². The smallest absolute Gasteiger partial charge is 0.0787 e. The van der Waals surface area contributed by atoms with E-state index in [9.17, 15) is 0 Å². The number of hydrogen-bond donors (Lipinski definition) is 1. The molecule has 0 amide bonds. The van der Waals surface area contributed by atoms with Gasteiger partial charge in [-0.25, -0.2) is 0 Å². The third-order valence-electron chi connectivity index (χ3n) is 3.43. The van der Waals surface area contributed by atoms with Crippen LogP contribution in [-0.4, -0.2) is 25.8 Å². The average Bonchev–Trinajstić information content (AvgIpc) is 2.30. The highest BCUT2D eigenvalue weighted by Gasteiger charge is 2.28. The number of methoxy groups -OCH3 is 1. The molecule has 1 aliphatic carbocycles. The van der Waals surface area contributed by atoms with Crippen molar-refractivity contribution in [2.75, 3.05) is 13.7 Å². The van der Waals surface area contributed by atoms with E-state index in [1.54, 1.807) is 0 Å². The lowest BCUT2D eigenvalue weighted by molar-refractivity contribution is 0.0201. The second kappa shape index (κ2) is 7.02. The first kappa shape index (κ1) is 12.7. The molecule has 0 radical (unpaired) electrons. The predicted molar refractivity (Wildman–Crippen MR) is 65.0 cm³/mol. The van der Waals surface area contributed by atoms with Gasteiger partial charge in [-0.15, -0.1) is 6.58 Å². The van der Waals surface area contributed by atoms with Gasteiger partial charge >= 0.3 is 0 Å². The quantitative estimate of drug-likeness (QED) is 0.682. The van der Waals surface area contributed by atoms with Crippen molar-refractivity contribution < 1.29 is 4.74 Å². The normalized spacial score (nSPS) is 22.3. The molecule has 0 aromatic heterocycles. The summed E-state index contributed by atoms with van der Waals surface area (Å²) in [5.41, 5.74) is 0. The third kappa shape index (κ3) is 3.62. The highest BCUT2D eigenvalue weighted by molar-refractivity contribution is 4.95. The zero-order valence-electron chi connectivity index (χ0n) is 10.2. The van der Waals surface area contributed by atoms with Crippen LogP contribution in [0.4, 0.5) is 0 Å². The summed E-state index contributed by atoms with van der Waals surface area (Å²) in [5, 5.41) is 3.44. The molecule has 2 atom stereocenters. The van der Waals surface area contributed by atoms with Crippen LogP contribution in [0, 0.1) is 5.92 Å². The molecule has 1 aliphatic rings. The Balaban J connectivity index is 2.53. The van der Waals surface area contributed by atoms with Crippen LogP contribution in [0.1, 0.15) is 39.0 Å². The van der Waals surface area contributed by atoms with Crippen LogP contribution in [0.3, 0.4) is 0 Å². The standard InChI is InChI=1S/C13H25NO/c1-4-12(14-5-2)13(15-3)11-9-7-6-8-10-11/h4,11-14H,1,5-10H2,2-3H3. The molecule has 2 nitrogen and oxygen atoms in total. The van der Waals surface area contributed by atoms with Gasteiger partial charge in [0, 0.05) is 7.11 Å². The molecule has 15 heavy (non-hydrogen) atoms. The van der Waals surface area contributed by atoms with Gasteiger partial charge in [-0.05, 0) is 25.3 Å². The number of hydrogen-bond acceptors (Lipinski definition) is 2. The average molecular weight is 211 g/mol. The van der Waals surface area contributed by atoms with E-state index in [0.717, 1.165) is 6.54 Å². The van der Waals surface area contributed by atoms with Gasteiger partial charge in [-0.3, -0.25) is 0 Å². The molecule has 0 aromatic carbocycles. The molecule has 88 valence electrons. The van der Waals surface area contributed by atoms with Crippen LogP contribution < -0.4 is 5.32 Å². The van der Waals surface area contributed by atoms with E-state index in [4.69, 9.17) is 4.74 Å². The van der Waals surface area contributed by atoms with Crippen LogP contribution >= 0.6 is 0 Å². The fourth-order valence-electron chi connectivity index (χ4n) is 2.66. The first-order chi connectivity index (χ1) is 7.33. The molecule has 0 aromatic rings. The Kier molecular flexibility index (Phi) is 5.96. The van der Waals surface area contributed by atoms with E-state index < -0.39 is 0 Å². The number of rotatable bonds is 6. The van der Waals surface area contributed by atoms with Crippen molar-refractivity contribution in [2.24, 2.45) is 5.92 Å². The van der Waals surface area contributed by atoms with Gasteiger partial charge in [0.1, 0.15) is 0 Å². The molecular weight excluding hydrogens is 186 g/mol. The van der Waals surface area contributed by atoms with E-state index in [-0.39, 0.29) is 0 Å². The summed E-state index contributed by atoms with van der Waals surface area (Å²) in [6, 6.07) is 0.308. The summed E-state index contributed by atoms with van der Waals surface area (Å²) >= 11 is 0.